The molecule has 7 nitrogen and oxygen atoms in total. The predicted molar refractivity (Wildman–Crippen MR) is 78.0 cm³/mol. The minimum Gasteiger partial charge on any atom is -0.479 e. The van der Waals surface area contributed by atoms with Crippen molar-refractivity contribution < 1.29 is 27.5 Å². The molecule has 0 spiro atoms. The number of carboxylic acids is 1. The van der Waals surface area contributed by atoms with Gasteiger partial charge in [-0.05, 0) is 30.9 Å². The van der Waals surface area contributed by atoms with E-state index in [0.29, 0.717) is 25.0 Å². The maximum absolute atomic E-state index is 12.5. The summed E-state index contributed by atoms with van der Waals surface area (Å²) in [6.07, 6.45) is 0.642. The van der Waals surface area contributed by atoms with Crippen LogP contribution in [-0.4, -0.2) is 50.1 Å². The zero-order valence-electron chi connectivity index (χ0n) is 12.7. The van der Waals surface area contributed by atoms with Crippen molar-refractivity contribution in [2.45, 2.75) is 37.4 Å². The molecule has 1 fully saturated rings. The van der Waals surface area contributed by atoms with Crippen LogP contribution in [0.2, 0.25) is 0 Å². The van der Waals surface area contributed by atoms with Gasteiger partial charge in [0.05, 0.1) is 0 Å². The number of furan rings is 1. The topological polar surface area (TPSA) is 97.0 Å². The summed E-state index contributed by atoms with van der Waals surface area (Å²) in [4.78, 5) is 11.1. The van der Waals surface area contributed by atoms with Crippen LogP contribution < -0.4 is 0 Å². The van der Waals surface area contributed by atoms with Gasteiger partial charge >= 0.3 is 5.97 Å². The minimum atomic E-state index is -3.65. The minimum absolute atomic E-state index is 0.0515. The van der Waals surface area contributed by atoms with Crippen LogP contribution in [0, 0.1) is 5.92 Å². The molecule has 0 saturated carbocycles. The molecule has 124 valence electrons. The summed E-state index contributed by atoms with van der Waals surface area (Å²) < 4.78 is 36.6. The maximum atomic E-state index is 12.5. The van der Waals surface area contributed by atoms with Crippen molar-refractivity contribution in [2.75, 3.05) is 20.2 Å². The first-order valence-corrected chi connectivity index (χ1v) is 8.68. The first-order chi connectivity index (χ1) is 10.4. The number of carbonyl (C=O) groups is 1. The molecule has 1 aliphatic heterocycles. The first kappa shape index (κ1) is 17.0. The van der Waals surface area contributed by atoms with Gasteiger partial charge in [0, 0.05) is 26.6 Å². The van der Waals surface area contributed by atoms with Crippen LogP contribution in [0.3, 0.4) is 0 Å². The fraction of sp³-hybridized carbons (Fsp3) is 0.643. The highest BCUT2D eigenvalue weighted by molar-refractivity contribution is 7.89. The van der Waals surface area contributed by atoms with Gasteiger partial charge in [-0.1, -0.05) is 6.92 Å². The number of hydrogen-bond acceptors (Lipinski definition) is 5. The van der Waals surface area contributed by atoms with Gasteiger partial charge in [-0.3, -0.25) is 0 Å². The van der Waals surface area contributed by atoms with Crippen LogP contribution >= 0.6 is 0 Å². The van der Waals surface area contributed by atoms with E-state index in [2.05, 4.69) is 0 Å². The van der Waals surface area contributed by atoms with Crippen LogP contribution in [0.5, 0.6) is 0 Å². The van der Waals surface area contributed by atoms with E-state index in [1.54, 1.807) is 6.07 Å². The number of hydrogen-bond donors (Lipinski definition) is 1. The van der Waals surface area contributed by atoms with Gasteiger partial charge in [0.1, 0.15) is 5.76 Å². The Morgan fingerprint density at radius 2 is 2.09 bits per heavy atom. The van der Waals surface area contributed by atoms with E-state index in [1.807, 2.05) is 6.92 Å². The van der Waals surface area contributed by atoms with Crippen LogP contribution in [0.4, 0.5) is 0 Å². The summed E-state index contributed by atoms with van der Waals surface area (Å²) in [7, 11) is -2.29. The number of methoxy groups -OCH3 is 1. The summed E-state index contributed by atoms with van der Waals surface area (Å²) in [6, 6.07) is 3.13. The second-order valence-corrected chi connectivity index (χ2v) is 7.18. The Morgan fingerprint density at radius 3 is 2.55 bits per heavy atom. The number of rotatable bonds is 6. The summed E-state index contributed by atoms with van der Waals surface area (Å²) in [5, 5.41) is 9.04. The van der Waals surface area contributed by atoms with Crippen LogP contribution in [0.1, 0.15) is 25.5 Å². The highest BCUT2D eigenvalue weighted by Crippen LogP contribution is 2.27. The van der Waals surface area contributed by atoms with Crippen molar-refractivity contribution in [1.82, 2.24) is 4.31 Å². The number of aryl methyl sites for hydroxylation is 1. The lowest BCUT2D eigenvalue weighted by molar-refractivity contribution is -0.152. The number of nitrogens with zero attached hydrogens (tertiary/aromatic N) is 1. The Morgan fingerprint density at radius 1 is 1.45 bits per heavy atom. The molecule has 8 heteroatoms. The fourth-order valence-electron chi connectivity index (χ4n) is 2.73. The lowest BCUT2D eigenvalue weighted by Crippen LogP contribution is -2.43. The van der Waals surface area contributed by atoms with Crippen LogP contribution in [0.25, 0.3) is 0 Å². The molecule has 1 N–H and O–H groups in total. The average Bonchev–Trinajstić information content (AvgIpc) is 2.98. The lowest BCUT2D eigenvalue weighted by atomic mass is 9.92. The predicted octanol–water partition coefficient (Wildman–Crippen LogP) is 1.34. The van der Waals surface area contributed by atoms with E-state index in [4.69, 9.17) is 14.3 Å². The van der Waals surface area contributed by atoms with E-state index in [-0.39, 0.29) is 24.1 Å². The average molecular weight is 331 g/mol. The van der Waals surface area contributed by atoms with Gasteiger partial charge in [-0.2, -0.15) is 4.31 Å². The number of sulfonamides is 1. The monoisotopic (exact) mass is 331 g/mol. The summed E-state index contributed by atoms with van der Waals surface area (Å²) in [5.74, 6) is -0.571. The van der Waals surface area contributed by atoms with Gasteiger partial charge < -0.3 is 14.3 Å². The summed E-state index contributed by atoms with van der Waals surface area (Å²) in [6.45, 7) is 2.42. The molecule has 22 heavy (non-hydrogen) atoms. The van der Waals surface area contributed by atoms with Crippen LogP contribution in [-0.2, 0) is 26.0 Å². The molecular formula is C14H21NO6S. The van der Waals surface area contributed by atoms with Gasteiger partial charge in [-0.25, -0.2) is 13.2 Å². The molecule has 1 unspecified atom stereocenters. The molecule has 1 saturated heterocycles. The van der Waals surface area contributed by atoms with Gasteiger partial charge in [0.15, 0.2) is 6.10 Å². The number of piperidine rings is 1. The standard InChI is InChI=1S/C14H21NO6S/c1-3-11-4-5-12(21-11)22(18,19)15-8-6-10(7-9-15)13(20-2)14(16)17/h4-5,10,13H,3,6-9H2,1-2H3,(H,16,17). The van der Waals surface area contributed by atoms with E-state index in [9.17, 15) is 13.2 Å². The number of ether oxygens (including phenoxy) is 1. The Kier molecular flexibility index (Phi) is 5.25. The Bertz CT molecular complexity index is 615. The SMILES string of the molecule is CCc1ccc(S(=O)(=O)N2CCC(C(OC)C(=O)O)CC2)o1. The molecular weight excluding hydrogens is 310 g/mol. The zero-order chi connectivity index (χ0) is 16.3. The normalized spacial score (nSPS) is 19.2. The van der Waals surface area contributed by atoms with Gasteiger partial charge in [0.25, 0.3) is 10.0 Å². The second kappa shape index (κ2) is 6.80. The molecule has 0 aromatic carbocycles. The molecule has 1 aromatic heterocycles. The second-order valence-electron chi connectivity index (χ2n) is 5.31. The number of aliphatic carboxylic acids is 1. The smallest absolute Gasteiger partial charge is 0.333 e. The molecule has 2 rings (SSSR count). The Hall–Kier alpha value is -1.38. The Balaban J connectivity index is 2.06. The van der Waals surface area contributed by atoms with Crippen LogP contribution in [0.15, 0.2) is 21.6 Å². The van der Waals surface area contributed by atoms with Crippen molar-refractivity contribution >= 4 is 16.0 Å². The number of carboxylic acid groups (broad SMARTS) is 1. The molecule has 1 atom stereocenters. The molecule has 0 amide bonds. The van der Waals surface area contributed by atoms with Crippen molar-refractivity contribution in [3.05, 3.63) is 17.9 Å². The third-order valence-electron chi connectivity index (χ3n) is 4.00. The third kappa shape index (κ3) is 3.34. The lowest BCUT2D eigenvalue weighted by Gasteiger charge is -2.32. The van der Waals surface area contributed by atoms with Gasteiger partial charge in [-0.15, -0.1) is 0 Å². The van der Waals surface area contributed by atoms with Crippen molar-refractivity contribution in [2.24, 2.45) is 5.92 Å². The van der Waals surface area contributed by atoms with E-state index < -0.39 is 22.1 Å². The molecule has 2 heterocycles. The third-order valence-corrected chi connectivity index (χ3v) is 5.78. The molecule has 1 aliphatic rings. The fourth-order valence-corrected chi connectivity index (χ4v) is 4.13. The molecule has 1 aromatic rings. The van der Waals surface area contributed by atoms with Crippen molar-refractivity contribution in [3.8, 4) is 0 Å². The van der Waals surface area contributed by atoms with Gasteiger partial charge in [0.2, 0.25) is 5.09 Å². The first-order valence-electron chi connectivity index (χ1n) is 7.24. The maximum Gasteiger partial charge on any atom is 0.333 e. The molecule has 0 aliphatic carbocycles. The highest BCUT2D eigenvalue weighted by Gasteiger charge is 2.36. The molecule has 0 radical (unpaired) electrons. The van der Waals surface area contributed by atoms with Crippen molar-refractivity contribution in [1.29, 1.82) is 0 Å². The summed E-state index contributed by atoms with van der Waals surface area (Å²) >= 11 is 0. The van der Waals surface area contributed by atoms with E-state index in [1.165, 1.54) is 17.5 Å². The molecule has 0 bridgehead atoms. The largest absolute Gasteiger partial charge is 0.479 e. The zero-order valence-corrected chi connectivity index (χ0v) is 13.5. The van der Waals surface area contributed by atoms with E-state index >= 15 is 0 Å². The highest BCUT2D eigenvalue weighted by atomic mass is 32.2. The van der Waals surface area contributed by atoms with E-state index in [0.717, 1.165) is 0 Å². The summed E-state index contributed by atoms with van der Waals surface area (Å²) in [5.41, 5.74) is 0. The van der Waals surface area contributed by atoms with Crippen molar-refractivity contribution in [3.63, 3.8) is 0 Å². The Labute approximate surface area is 129 Å². The quantitative estimate of drug-likeness (QED) is 0.845.